The molecular weight excluding hydrogens is 368 g/mol. The summed E-state index contributed by atoms with van der Waals surface area (Å²) in [4.78, 5) is 17.5. The maximum atomic E-state index is 12.1. The highest BCUT2D eigenvalue weighted by molar-refractivity contribution is 7.15. The van der Waals surface area contributed by atoms with Gasteiger partial charge in [-0.1, -0.05) is 57.2 Å². The average molecular weight is 395 g/mol. The second-order valence-electron chi connectivity index (χ2n) is 7.04. The third-order valence-electron chi connectivity index (χ3n) is 4.53. The number of nitrogens with one attached hydrogen (secondary N) is 1. The Hall–Kier alpha value is -2.66. The largest absolute Gasteiger partial charge is 0.484 e. The Labute approximate surface area is 170 Å². The maximum absolute atomic E-state index is 12.1. The summed E-state index contributed by atoms with van der Waals surface area (Å²) in [5.74, 6) is 0.956. The molecule has 1 amide bonds. The molecular formula is C23H26N2O2S. The number of hydrogen-bond acceptors (Lipinski definition) is 4. The van der Waals surface area contributed by atoms with Crippen LogP contribution in [0.15, 0.2) is 54.7 Å². The fraction of sp³-hybridized carbons (Fsp3) is 0.304. The minimum atomic E-state index is -0.207. The Morgan fingerprint density at radius 3 is 2.39 bits per heavy atom. The zero-order valence-electron chi connectivity index (χ0n) is 16.6. The van der Waals surface area contributed by atoms with E-state index in [0.29, 0.717) is 16.8 Å². The van der Waals surface area contributed by atoms with Gasteiger partial charge in [0.15, 0.2) is 11.7 Å². The lowest BCUT2D eigenvalue weighted by Gasteiger charge is -2.08. The first-order chi connectivity index (χ1) is 13.5. The van der Waals surface area contributed by atoms with E-state index in [1.165, 1.54) is 28.0 Å². The number of rotatable bonds is 8. The molecule has 1 N–H and O–H groups in total. The van der Waals surface area contributed by atoms with Gasteiger partial charge in [0.05, 0.1) is 0 Å². The summed E-state index contributed by atoms with van der Waals surface area (Å²) in [5.41, 5.74) is 3.82. The van der Waals surface area contributed by atoms with Crippen molar-refractivity contribution < 1.29 is 9.53 Å². The van der Waals surface area contributed by atoms with Crippen molar-refractivity contribution in [1.82, 2.24) is 4.98 Å². The molecule has 3 aromatic rings. The van der Waals surface area contributed by atoms with Crippen LogP contribution in [0.4, 0.5) is 5.13 Å². The highest BCUT2D eigenvalue weighted by atomic mass is 32.1. The van der Waals surface area contributed by atoms with Crippen molar-refractivity contribution in [2.75, 3.05) is 11.9 Å². The van der Waals surface area contributed by atoms with E-state index in [1.54, 1.807) is 0 Å². The van der Waals surface area contributed by atoms with Gasteiger partial charge in [-0.05, 0) is 41.2 Å². The molecule has 146 valence electrons. The van der Waals surface area contributed by atoms with Crippen molar-refractivity contribution in [3.05, 3.63) is 76.3 Å². The van der Waals surface area contributed by atoms with Crippen molar-refractivity contribution in [3.63, 3.8) is 0 Å². The lowest BCUT2D eigenvalue weighted by atomic mass is 10.0. The predicted molar refractivity (Wildman–Crippen MR) is 115 cm³/mol. The minimum absolute atomic E-state index is 0.0333. The molecule has 0 fully saturated rings. The van der Waals surface area contributed by atoms with Crippen LogP contribution in [0, 0.1) is 0 Å². The quantitative estimate of drug-likeness (QED) is 0.554. The second-order valence-corrected chi connectivity index (χ2v) is 8.15. The molecule has 1 heterocycles. The van der Waals surface area contributed by atoms with Crippen molar-refractivity contribution >= 4 is 22.4 Å². The molecule has 0 saturated heterocycles. The Bertz CT molecular complexity index is 899. The van der Waals surface area contributed by atoms with Gasteiger partial charge < -0.3 is 4.74 Å². The lowest BCUT2D eigenvalue weighted by molar-refractivity contribution is -0.118. The summed E-state index contributed by atoms with van der Waals surface area (Å²) in [6.07, 6.45) is 3.68. The van der Waals surface area contributed by atoms with Gasteiger partial charge in [0.1, 0.15) is 5.75 Å². The molecule has 0 atom stereocenters. The van der Waals surface area contributed by atoms with E-state index in [4.69, 9.17) is 4.74 Å². The number of carbonyl (C=O) groups excluding carboxylic acids is 1. The molecule has 4 nitrogen and oxygen atoms in total. The van der Waals surface area contributed by atoms with Crippen LogP contribution in [-0.4, -0.2) is 17.5 Å². The first-order valence-electron chi connectivity index (χ1n) is 9.58. The van der Waals surface area contributed by atoms with Gasteiger partial charge in [0, 0.05) is 17.5 Å². The van der Waals surface area contributed by atoms with Gasteiger partial charge in [-0.15, -0.1) is 11.3 Å². The molecule has 2 aromatic carbocycles. The zero-order valence-corrected chi connectivity index (χ0v) is 17.4. The van der Waals surface area contributed by atoms with Crippen LogP contribution in [-0.2, 0) is 17.6 Å². The first-order valence-corrected chi connectivity index (χ1v) is 10.4. The van der Waals surface area contributed by atoms with Crippen molar-refractivity contribution in [1.29, 1.82) is 0 Å². The molecule has 0 spiro atoms. The van der Waals surface area contributed by atoms with E-state index in [2.05, 4.69) is 55.3 Å². The fourth-order valence-corrected chi connectivity index (χ4v) is 3.66. The number of aromatic nitrogens is 1. The third kappa shape index (κ3) is 5.67. The number of carbonyl (C=O) groups is 1. The van der Waals surface area contributed by atoms with Crippen LogP contribution in [0.2, 0.25) is 0 Å². The summed E-state index contributed by atoms with van der Waals surface area (Å²) >= 11 is 1.49. The number of thiazole rings is 1. The molecule has 3 rings (SSSR count). The van der Waals surface area contributed by atoms with Crippen LogP contribution in [0.1, 0.15) is 48.3 Å². The van der Waals surface area contributed by atoms with E-state index in [-0.39, 0.29) is 12.5 Å². The summed E-state index contributed by atoms with van der Waals surface area (Å²) in [6, 6.07) is 16.5. The Morgan fingerprint density at radius 1 is 1.07 bits per heavy atom. The predicted octanol–water partition coefficient (Wildman–Crippen LogP) is 5.44. The van der Waals surface area contributed by atoms with Crippen molar-refractivity contribution in [3.8, 4) is 5.75 Å². The molecule has 0 bridgehead atoms. The summed E-state index contributed by atoms with van der Waals surface area (Å²) in [5, 5.41) is 3.41. The second kappa shape index (κ2) is 9.51. The normalized spacial score (nSPS) is 10.9. The summed E-state index contributed by atoms with van der Waals surface area (Å²) in [6.45, 7) is 6.41. The number of anilines is 1. The van der Waals surface area contributed by atoms with Crippen LogP contribution in [0.25, 0.3) is 0 Å². The number of amides is 1. The zero-order chi connectivity index (χ0) is 19.9. The Kier molecular flexibility index (Phi) is 6.82. The van der Waals surface area contributed by atoms with E-state index >= 15 is 0 Å². The SMILES string of the molecule is CCc1ccc(Cc2cnc(NC(=O)COc3ccc(C(C)C)cc3)s2)cc1. The third-order valence-corrected chi connectivity index (χ3v) is 5.44. The van der Waals surface area contributed by atoms with E-state index < -0.39 is 0 Å². The monoisotopic (exact) mass is 394 g/mol. The molecule has 0 saturated carbocycles. The maximum Gasteiger partial charge on any atom is 0.264 e. The van der Waals surface area contributed by atoms with Crippen molar-refractivity contribution in [2.45, 2.75) is 39.5 Å². The summed E-state index contributed by atoms with van der Waals surface area (Å²) < 4.78 is 5.56. The number of aryl methyl sites for hydroxylation is 1. The number of benzene rings is 2. The molecule has 0 unspecified atom stereocenters. The van der Waals surface area contributed by atoms with Crippen LogP contribution >= 0.6 is 11.3 Å². The van der Waals surface area contributed by atoms with Crippen LogP contribution < -0.4 is 10.1 Å². The van der Waals surface area contributed by atoms with Gasteiger partial charge in [0.2, 0.25) is 0 Å². The standard InChI is InChI=1S/C23H26N2O2S/c1-4-17-5-7-18(8-6-17)13-21-14-24-23(28-21)25-22(26)15-27-20-11-9-19(10-12-20)16(2)3/h5-12,14,16H,4,13,15H2,1-3H3,(H,24,25,26). The topological polar surface area (TPSA) is 51.2 Å². The molecule has 28 heavy (non-hydrogen) atoms. The Morgan fingerprint density at radius 2 is 1.75 bits per heavy atom. The van der Waals surface area contributed by atoms with Gasteiger partial charge >= 0.3 is 0 Å². The van der Waals surface area contributed by atoms with E-state index in [9.17, 15) is 4.79 Å². The highest BCUT2D eigenvalue weighted by Crippen LogP contribution is 2.22. The average Bonchev–Trinajstić information content (AvgIpc) is 3.14. The minimum Gasteiger partial charge on any atom is -0.484 e. The fourth-order valence-electron chi connectivity index (χ4n) is 2.79. The Balaban J connectivity index is 1.49. The summed E-state index contributed by atoms with van der Waals surface area (Å²) in [7, 11) is 0. The molecule has 0 aliphatic heterocycles. The number of hydrogen-bond donors (Lipinski definition) is 1. The first kappa shape index (κ1) is 20.1. The molecule has 0 aliphatic carbocycles. The molecule has 5 heteroatoms. The highest BCUT2D eigenvalue weighted by Gasteiger charge is 2.09. The molecule has 0 aliphatic rings. The van der Waals surface area contributed by atoms with Gasteiger partial charge in [-0.2, -0.15) is 0 Å². The van der Waals surface area contributed by atoms with Crippen LogP contribution in [0.3, 0.4) is 0 Å². The van der Waals surface area contributed by atoms with Gasteiger partial charge in [-0.25, -0.2) is 4.98 Å². The van der Waals surface area contributed by atoms with Gasteiger partial charge in [-0.3, -0.25) is 10.1 Å². The van der Waals surface area contributed by atoms with Gasteiger partial charge in [0.25, 0.3) is 5.91 Å². The number of ether oxygens (including phenoxy) is 1. The van der Waals surface area contributed by atoms with Crippen LogP contribution in [0.5, 0.6) is 5.75 Å². The number of nitrogens with zero attached hydrogens (tertiary/aromatic N) is 1. The molecule has 1 aromatic heterocycles. The lowest BCUT2D eigenvalue weighted by Crippen LogP contribution is -2.19. The van der Waals surface area contributed by atoms with E-state index in [1.807, 2.05) is 30.5 Å². The smallest absolute Gasteiger partial charge is 0.264 e. The van der Waals surface area contributed by atoms with E-state index in [0.717, 1.165) is 17.7 Å². The molecule has 0 radical (unpaired) electrons. The van der Waals surface area contributed by atoms with Crippen molar-refractivity contribution in [2.24, 2.45) is 0 Å².